The van der Waals surface area contributed by atoms with Crippen LogP contribution in [0.1, 0.15) is 54.9 Å². The van der Waals surface area contributed by atoms with E-state index in [2.05, 4.69) is 26.1 Å². The van der Waals surface area contributed by atoms with Gasteiger partial charge in [0.05, 0.1) is 17.2 Å². The van der Waals surface area contributed by atoms with Crippen molar-refractivity contribution >= 4 is 51.4 Å². The number of anilines is 1. The molecule has 1 unspecified atom stereocenters. The van der Waals surface area contributed by atoms with Gasteiger partial charge >= 0.3 is 5.97 Å². The highest BCUT2D eigenvalue weighted by atomic mass is 35.5. The zero-order valence-corrected chi connectivity index (χ0v) is 20.5. The maximum absolute atomic E-state index is 12.7. The molecule has 1 aromatic carbocycles. The third-order valence-electron chi connectivity index (χ3n) is 5.48. The van der Waals surface area contributed by atoms with E-state index in [9.17, 15) is 9.59 Å². The Morgan fingerprint density at radius 3 is 2.65 bits per heavy atom. The Balaban J connectivity index is 1.78. The SMILES string of the molecule is CCOC(=O)c1c(NC(=O)COc2ccc(Cl)cc2Cl)sc2c1CCC(C(C)(C)C)C2. The quantitative estimate of drug-likeness (QED) is 0.482. The number of nitrogens with one attached hydrogen (secondary N) is 1. The van der Waals surface area contributed by atoms with Crippen LogP contribution in [0.4, 0.5) is 5.00 Å². The number of thiophene rings is 1. The molecule has 0 saturated heterocycles. The first kappa shape index (κ1) is 23.9. The Morgan fingerprint density at radius 1 is 1.26 bits per heavy atom. The molecule has 2 aromatic rings. The molecule has 0 aliphatic heterocycles. The van der Waals surface area contributed by atoms with Gasteiger partial charge in [-0.25, -0.2) is 4.79 Å². The number of hydrogen-bond acceptors (Lipinski definition) is 5. The molecular formula is C23H27Cl2NO4S. The third-order valence-corrected chi connectivity index (χ3v) is 7.18. The molecule has 1 N–H and O–H groups in total. The topological polar surface area (TPSA) is 64.6 Å². The molecule has 0 spiro atoms. The molecule has 1 atom stereocenters. The number of amides is 1. The maximum Gasteiger partial charge on any atom is 0.341 e. The number of carbonyl (C=O) groups excluding carboxylic acids is 2. The van der Waals surface area contributed by atoms with Crippen LogP contribution >= 0.6 is 34.5 Å². The zero-order valence-electron chi connectivity index (χ0n) is 18.1. The molecule has 1 aliphatic carbocycles. The minimum absolute atomic E-state index is 0.181. The molecule has 0 bridgehead atoms. The number of carbonyl (C=O) groups is 2. The molecule has 1 heterocycles. The number of fused-ring (bicyclic) bond motifs is 1. The van der Waals surface area contributed by atoms with Gasteiger partial charge in [0.15, 0.2) is 6.61 Å². The van der Waals surface area contributed by atoms with Gasteiger partial charge in [-0.2, -0.15) is 0 Å². The summed E-state index contributed by atoms with van der Waals surface area (Å²) in [6.45, 7) is 8.53. The van der Waals surface area contributed by atoms with Crippen molar-refractivity contribution in [3.05, 3.63) is 44.2 Å². The number of halogens is 2. The van der Waals surface area contributed by atoms with Gasteiger partial charge < -0.3 is 14.8 Å². The molecular weight excluding hydrogens is 457 g/mol. The predicted molar refractivity (Wildman–Crippen MR) is 126 cm³/mol. The third kappa shape index (κ3) is 5.73. The van der Waals surface area contributed by atoms with E-state index >= 15 is 0 Å². The molecule has 3 rings (SSSR count). The second kappa shape index (κ2) is 9.80. The van der Waals surface area contributed by atoms with Crippen molar-refractivity contribution in [2.75, 3.05) is 18.5 Å². The van der Waals surface area contributed by atoms with Gasteiger partial charge in [-0.3, -0.25) is 4.79 Å². The first-order valence-electron chi connectivity index (χ1n) is 10.3. The van der Waals surface area contributed by atoms with Gasteiger partial charge in [0, 0.05) is 9.90 Å². The Morgan fingerprint density at radius 2 is 2.00 bits per heavy atom. The van der Waals surface area contributed by atoms with Gasteiger partial charge in [0.1, 0.15) is 10.8 Å². The van der Waals surface area contributed by atoms with Crippen LogP contribution < -0.4 is 10.1 Å². The fourth-order valence-electron chi connectivity index (χ4n) is 3.73. The maximum atomic E-state index is 12.7. The predicted octanol–water partition coefficient (Wildman–Crippen LogP) is 6.40. The van der Waals surface area contributed by atoms with E-state index in [0.717, 1.165) is 29.7 Å². The molecule has 168 valence electrons. The second-order valence-corrected chi connectivity index (χ2v) is 10.6. The molecule has 1 aromatic heterocycles. The van der Waals surface area contributed by atoms with Crippen LogP contribution in [0.5, 0.6) is 5.75 Å². The van der Waals surface area contributed by atoms with Crippen molar-refractivity contribution in [3.63, 3.8) is 0 Å². The number of ether oxygens (including phenoxy) is 2. The van der Waals surface area contributed by atoms with Crippen LogP contribution in [0.25, 0.3) is 0 Å². The summed E-state index contributed by atoms with van der Waals surface area (Å²) in [5.41, 5.74) is 1.66. The standard InChI is InChI=1S/C23H27Cl2NO4S/c1-5-29-22(28)20-15-8-6-13(23(2,3)4)10-18(15)31-21(20)26-19(27)12-30-17-9-7-14(24)11-16(17)25/h7,9,11,13H,5-6,8,10,12H2,1-4H3,(H,26,27). The first-order valence-corrected chi connectivity index (χ1v) is 11.9. The largest absolute Gasteiger partial charge is 0.482 e. The molecule has 0 radical (unpaired) electrons. The molecule has 1 aliphatic rings. The van der Waals surface area contributed by atoms with Crippen LogP contribution in [0, 0.1) is 11.3 Å². The highest BCUT2D eigenvalue weighted by Gasteiger charge is 2.34. The van der Waals surface area contributed by atoms with E-state index in [1.807, 2.05) is 0 Å². The van der Waals surface area contributed by atoms with Gasteiger partial charge in [-0.1, -0.05) is 44.0 Å². The molecule has 8 heteroatoms. The average molecular weight is 484 g/mol. The number of hydrogen-bond donors (Lipinski definition) is 1. The number of benzene rings is 1. The van der Waals surface area contributed by atoms with Crippen molar-refractivity contribution in [3.8, 4) is 5.75 Å². The van der Waals surface area contributed by atoms with E-state index in [1.165, 1.54) is 11.3 Å². The average Bonchev–Trinajstić information content (AvgIpc) is 3.03. The summed E-state index contributed by atoms with van der Waals surface area (Å²) >= 11 is 13.4. The summed E-state index contributed by atoms with van der Waals surface area (Å²) in [4.78, 5) is 26.4. The smallest absolute Gasteiger partial charge is 0.341 e. The van der Waals surface area contributed by atoms with E-state index in [4.69, 9.17) is 32.7 Å². The highest BCUT2D eigenvalue weighted by Crippen LogP contribution is 2.44. The Labute approximate surface area is 197 Å². The monoisotopic (exact) mass is 483 g/mol. The number of esters is 1. The van der Waals surface area contributed by atoms with Crippen LogP contribution in [0.2, 0.25) is 10.0 Å². The van der Waals surface area contributed by atoms with Crippen molar-refractivity contribution in [2.24, 2.45) is 11.3 Å². The fourth-order valence-corrected chi connectivity index (χ4v) is 5.53. The van der Waals surface area contributed by atoms with Gasteiger partial charge in [-0.05, 0) is 61.3 Å². The van der Waals surface area contributed by atoms with Crippen molar-refractivity contribution in [2.45, 2.75) is 47.0 Å². The lowest BCUT2D eigenvalue weighted by Gasteiger charge is -2.33. The van der Waals surface area contributed by atoms with Gasteiger partial charge in [0.25, 0.3) is 5.91 Å². The summed E-state index contributed by atoms with van der Waals surface area (Å²) in [5, 5.41) is 4.18. The molecule has 1 amide bonds. The Hall–Kier alpha value is -1.76. The molecule has 5 nitrogen and oxygen atoms in total. The van der Waals surface area contributed by atoms with E-state index in [-0.39, 0.29) is 24.5 Å². The molecule has 31 heavy (non-hydrogen) atoms. The summed E-state index contributed by atoms with van der Waals surface area (Å²) in [6, 6.07) is 4.80. The van der Waals surface area contributed by atoms with Crippen molar-refractivity contribution in [1.29, 1.82) is 0 Å². The molecule has 0 fully saturated rings. The second-order valence-electron chi connectivity index (χ2n) is 8.65. The highest BCUT2D eigenvalue weighted by molar-refractivity contribution is 7.17. The van der Waals surface area contributed by atoms with Gasteiger partial charge in [0.2, 0.25) is 0 Å². The van der Waals surface area contributed by atoms with Gasteiger partial charge in [-0.15, -0.1) is 11.3 Å². The van der Waals surface area contributed by atoms with Crippen molar-refractivity contribution < 1.29 is 19.1 Å². The summed E-state index contributed by atoms with van der Waals surface area (Å²) in [6.07, 6.45) is 2.70. The van der Waals surface area contributed by atoms with Crippen LogP contribution in [0.3, 0.4) is 0 Å². The van der Waals surface area contributed by atoms with Crippen molar-refractivity contribution in [1.82, 2.24) is 0 Å². The lowest BCUT2D eigenvalue weighted by Crippen LogP contribution is -2.26. The Bertz CT molecular complexity index is 981. The van der Waals surface area contributed by atoms with E-state index in [1.54, 1.807) is 25.1 Å². The van der Waals surface area contributed by atoms with Crippen LogP contribution in [0.15, 0.2) is 18.2 Å². The minimum atomic E-state index is -0.397. The fraction of sp³-hybridized carbons (Fsp3) is 0.478. The summed E-state index contributed by atoms with van der Waals surface area (Å²) in [7, 11) is 0. The van der Waals surface area contributed by atoms with E-state index in [0.29, 0.717) is 32.3 Å². The normalized spacial score (nSPS) is 15.9. The minimum Gasteiger partial charge on any atom is -0.482 e. The lowest BCUT2D eigenvalue weighted by atomic mass is 9.72. The summed E-state index contributed by atoms with van der Waals surface area (Å²) in [5.74, 6) is 0.117. The lowest BCUT2D eigenvalue weighted by molar-refractivity contribution is -0.118. The van der Waals surface area contributed by atoms with E-state index < -0.39 is 5.97 Å². The summed E-state index contributed by atoms with van der Waals surface area (Å²) < 4.78 is 10.8. The first-order chi connectivity index (χ1) is 14.6. The van der Waals surface area contributed by atoms with Crippen LogP contribution in [-0.2, 0) is 22.4 Å². The van der Waals surface area contributed by atoms with Crippen LogP contribution in [-0.4, -0.2) is 25.1 Å². The zero-order chi connectivity index (χ0) is 22.8. The molecule has 0 saturated carbocycles. The number of rotatable bonds is 6. The Kier molecular flexibility index (Phi) is 7.55.